The van der Waals surface area contributed by atoms with Gasteiger partial charge in [-0.3, -0.25) is 9.89 Å². The van der Waals surface area contributed by atoms with Crippen molar-refractivity contribution in [1.82, 2.24) is 9.80 Å². The lowest BCUT2D eigenvalue weighted by atomic mass is 9.80. The highest BCUT2D eigenvalue weighted by molar-refractivity contribution is 14.0. The minimum atomic E-state index is 0. The summed E-state index contributed by atoms with van der Waals surface area (Å²) in [4.78, 5) is 9.83. The van der Waals surface area contributed by atoms with Gasteiger partial charge < -0.3 is 15.4 Å². The Morgan fingerprint density at radius 3 is 2.50 bits per heavy atom. The van der Waals surface area contributed by atoms with Crippen LogP contribution in [0.3, 0.4) is 0 Å². The van der Waals surface area contributed by atoms with Crippen LogP contribution in [0, 0.1) is 5.92 Å². The number of aliphatic imine (C=N–C) groups is 1. The Kier molecular flexibility index (Phi) is 8.07. The summed E-state index contributed by atoms with van der Waals surface area (Å²) in [6, 6.07) is 0. The molecule has 3 aliphatic rings. The van der Waals surface area contributed by atoms with Gasteiger partial charge in [-0.25, -0.2) is 0 Å². The van der Waals surface area contributed by atoms with Gasteiger partial charge in [-0.1, -0.05) is 26.2 Å². The quantitative estimate of drug-likeness (QED) is 0.408. The molecule has 0 amide bonds. The van der Waals surface area contributed by atoms with E-state index < -0.39 is 0 Å². The molecular weight excluding hydrogens is 415 g/mol. The minimum Gasteiger partial charge on any atom is -0.379 e. The van der Waals surface area contributed by atoms with Gasteiger partial charge in [-0.2, -0.15) is 0 Å². The molecule has 5 nitrogen and oxygen atoms in total. The van der Waals surface area contributed by atoms with Crippen molar-refractivity contribution in [3.05, 3.63) is 0 Å². The molecule has 2 N–H and O–H groups in total. The van der Waals surface area contributed by atoms with Gasteiger partial charge in [0.05, 0.1) is 19.8 Å². The zero-order valence-corrected chi connectivity index (χ0v) is 17.5. The average molecular weight is 450 g/mol. The molecule has 0 aromatic carbocycles. The lowest BCUT2D eigenvalue weighted by molar-refractivity contribution is -0.0334. The van der Waals surface area contributed by atoms with Crippen LogP contribution < -0.4 is 5.73 Å². The standard InChI is InChI=1S/C18H34N4O.HI/c1-16-6-5-9-21(14-16)17(19)20-15-18(7-3-2-4-8-18)22-10-12-23-13-11-22;/h16H,2-15H2,1H3,(H2,19,20);1H. The number of hydrogen-bond donors (Lipinski definition) is 1. The van der Waals surface area contributed by atoms with Crippen LogP contribution in [-0.4, -0.2) is 67.2 Å². The molecule has 6 heteroatoms. The smallest absolute Gasteiger partial charge is 0.191 e. The fourth-order valence-corrected chi connectivity index (χ4v) is 4.55. The Labute approximate surface area is 164 Å². The lowest BCUT2D eigenvalue weighted by Crippen LogP contribution is -2.56. The Balaban J connectivity index is 0.00000208. The van der Waals surface area contributed by atoms with Crippen LogP contribution in [0.1, 0.15) is 51.9 Å². The molecular formula is C18H35IN4O. The van der Waals surface area contributed by atoms with E-state index in [1.807, 2.05) is 0 Å². The molecule has 24 heavy (non-hydrogen) atoms. The first-order valence-corrected chi connectivity index (χ1v) is 9.57. The van der Waals surface area contributed by atoms with Crippen molar-refractivity contribution < 1.29 is 4.74 Å². The first-order valence-electron chi connectivity index (χ1n) is 9.57. The maximum Gasteiger partial charge on any atom is 0.191 e. The number of ether oxygens (including phenoxy) is 1. The fourth-order valence-electron chi connectivity index (χ4n) is 4.55. The Morgan fingerprint density at radius 2 is 1.83 bits per heavy atom. The van der Waals surface area contributed by atoms with E-state index in [9.17, 15) is 0 Å². The number of piperidine rings is 1. The van der Waals surface area contributed by atoms with Crippen LogP contribution >= 0.6 is 24.0 Å². The SMILES string of the molecule is CC1CCCN(C(N)=NCC2(N3CCOCC3)CCCCC2)C1.I. The topological polar surface area (TPSA) is 54.1 Å². The second kappa shape index (κ2) is 9.57. The first-order chi connectivity index (χ1) is 11.2. The van der Waals surface area contributed by atoms with Crippen LogP contribution in [0.2, 0.25) is 0 Å². The van der Waals surface area contributed by atoms with Crippen LogP contribution in [0.5, 0.6) is 0 Å². The van der Waals surface area contributed by atoms with E-state index in [0.717, 1.165) is 57.8 Å². The highest BCUT2D eigenvalue weighted by atomic mass is 127. The average Bonchev–Trinajstić information content (AvgIpc) is 2.61. The number of hydrogen-bond acceptors (Lipinski definition) is 3. The number of likely N-dealkylation sites (tertiary alicyclic amines) is 1. The van der Waals surface area contributed by atoms with Crippen molar-refractivity contribution in [3.63, 3.8) is 0 Å². The van der Waals surface area contributed by atoms with Gasteiger partial charge in [0.1, 0.15) is 0 Å². The zero-order chi connectivity index (χ0) is 16.1. The number of rotatable bonds is 3. The third-order valence-electron chi connectivity index (χ3n) is 5.98. The Morgan fingerprint density at radius 1 is 1.12 bits per heavy atom. The Bertz CT molecular complexity index is 406. The van der Waals surface area contributed by atoms with Gasteiger partial charge >= 0.3 is 0 Å². The van der Waals surface area contributed by atoms with E-state index >= 15 is 0 Å². The van der Waals surface area contributed by atoms with Crippen LogP contribution in [0.4, 0.5) is 0 Å². The molecule has 0 spiro atoms. The molecule has 0 radical (unpaired) electrons. The molecule has 0 aromatic heterocycles. The Hall–Kier alpha value is -0.0800. The molecule has 2 aliphatic heterocycles. The second-order valence-corrected chi connectivity index (χ2v) is 7.75. The van der Waals surface area contributed by atoms with Crippen LogP contribution in [-0.2, 0) is 4.74 Å². The zero-order valence-electron chi connectivity index (χ0n) is 15.2. The van der Waals surface area contributed by atoms with Gasteiger partial charge in [-0.05, 0) is 31.6 Å². The van der Waals surface area contributed by atoms with Crippen molar-refractivity contribution in [2.45, 2.75) is 57.4 Å². The second-order valence-electron chi connectivity index (χ2n) is 7.75. The number of morpholine rings is 1. The summed E-state index contributed by atoms with van der Waals surface area (Å²) in [5, 5.41) is 0. The van der Waals surface area contributed by atoms with Gasteiger partial charge in [-0.15, -0.1) is 24.0 Å². The summed E-state index contributed by atoms with van der Waals surface area (Å²) in [5.41, 5.74) is 6.58. The molecule has 0 bridgehead atoms. The highest BCUT2D eigenvalue weighted by Gasteiger charge is 2.38. The molecule has 1 atom stereocenters. The van der Waals surface area contributed by atoms with E-state index in [-0.39, 0.29) is 29.5 Å². The van der Waals surface area contributed by atoms with E-state index in [2.05, 4.69) is 16.7 Å². The maximum atomic E-state index is 6.35. The summed E-state index contributed by atoms with van der Waals surface area (Å²) >= 11 is 0. The molecule has 1 unspecified atom stereocenters. The molecule has 2 heterocycles. The largest absolute Gasteiger partial charge is 0.379 e. The van der Waals surface area contributed by atoms with E-state index in [4.69, 9.17) is 15.5 Å². The summed E-state index contributed by atoms with van der Waals surface area (Å²) in [5.74, 6) is 1.51. The third-order valence-corrected chi connectivity index (χ3v) is 5.98. The van der Waals surface area contributed by atoms with Crippen LogP contribution in [0.15, 0.2) is 4.99 Å². The van der Waals surface area contributed by atoms with Gasteiger partial charge in [0.25, 0.3) is 0 Å². The predicted octanol–water partition coefficient (Wildman–Crippen LogP) is 2.69. The number of nitrogens with zero attached hydrogens (tertiary/aromatic N) is 3. The first kappa shape index (κ1) is 20.2. The van der Waals surface area contributed by atoms with E-state index in [0.29, 0.717) is 0 Å². The van der Waals surface area contributed by atoms with E-state index in [1.165, 1.54) is 44.9 Å². The molecule has 3 fully saturated rings. The predicted molar refractivity (Wildman–Crippen MR) is 110 cm³/mol. The normalized spacial score (nSPS) is 29.1. The minimum absolute atomic E-state index is 0. The lowest BCUT2D eigenvalue weighted by Gasteiger charge is -2.47. The molecule has 0 aromatic rings. The maximum absolute atomic E-state index is 6.35. The summed E-state index contributed by atoms with van der Waals surface area (Å²) in [7, 11) is 0. The summed E-state index contributed by atoms with van der Waals surface area (Å²) in [6.07, 6.45) is 9.11. The molecule has 1 saturated carbocycles. The fraction of sp³-hybridized carbons (Fsp3) is 0.944. The number of guanidine groups is 1. The molecule has 1 aliphatic carbocycles. The van der Waals surface area contributed by atoms with Gasteiger partial charge in [0, 0.05) is 31.7 Å². The van der Waals surface area contributed by atoms with Gasteiger partial charge in [0.2, 0.25) is 0 Å². The number of halogens is 1. The van der Waals surface area contributed by atoms with E-state index in [1.54, 1.807) is 0 Å². The summed E-state index contributed by atoms with van der Waals surface area (Å²) < 4.78 is 5.56. The molecule has 3 rings (SSSR count). The van der Waals surface area contributed by atoms with Crippen molar-refractivity contribution >= 4 is 29.9 Å². The monoisotopic (exact) mass is 450 g/mol. The van der Waals surface area contributed by atoms with Crippen molar-refractivity contribution in [2.75, 3.05) is 45.9 Å². The molecule has 140 valence electrons. The van der Waals surface area contributed by atoms with Crippen molar-refractivity contribution in [2.24, 2.45) is 16.6 Å². The van der Waals surface area contributed by atoms with Crippen molar-refractivity contribution in [3.8, 4) is 0 Å². The molecule has 2 saturated heterocycles. The number of nitrogens with two attached hydrogens (primary N) is 1. The van der Waals surface area contributed by atoms with Crippen molar-refractivity contribution in [1.29, 1.82) is 0 Å². The highest BCUT2D eigenvalue weighted by Crippen LogP contribution is 2.34. The summed E-state index contributed by atoms with van der Waals surface area (Å²) in [6.45, 7) is 9.16. The third kappa shape index (κ3) is 4.97. The van der Waals surface area contributed by atoms with Crippen LogP contribution in [0.25, 0.3) is 0 Å². The van der Waals surface area contributed by atoms with Gasteiger partial charge in [0.15, 0.2) is 5.96 Å².